The Kier molecular flexibility index (Phi) is 4.27. The molecule has 1 heterocycles. The maximum Gasteiger partial charge on any atom is 0.272 e. The van der Waals surface area contributed by atoms with Crippen molar-refractivity contribution in [1.29, 1.82) is 0 Å². The molecule has 1 unspecified atom stereocenters. The molecule has 0 amide bonds. The van der Waals surface area contributed by atoms with Gasteiger partial charge in [-0.15, -0.1) is 0 Å². The van der Waals surface area contributed by atoms with Crippen molar-refractivity contribution >= 4 is 0 Å². The van der Waals surface area contributed by atoms with Crippen molar-refractivity contribution < 1.29 is 0 Å². The number of hydrogen-bond acceptors (Lipinski definition) is 2. The average molecular weight is 222 g/mol. The molecule has 0 saturated heterocycles. The van der Waals surface area contributed by atoms with Gasteiger partial charge in [0.1, 0.15) is 5.69 Å². The molecule has 0 bridgehead atoms. The Balaban J connectivity index is 3.21. The van der Waals surface area contributed by atoms with Crippen LogP contribution in [-0.4, -0.2) is 9.55 Å². The van der Waals surface area contributed by atoms with Gasteiger partial charge in [-0.25, -0.2) is 0 Å². The van der Waals surface area contributed by atoms with E-state index in [1.165, 1.54) is 0 Å². The first kappa shape index (κ1) is 12.9. The van der Waals surface area contributed by atoms with Gasteiger partial charge in [-0.2, -0.15) is 0 Å². The molecule has 90 valence electrons. The molecule has 0 aliphatic carbocycles. The summed E-state index contributed by atoms with van der Waals surface area (Å²) in [6.07, 6.45) is 3.94. The van der Waals surface area contributed by atoms with Crippen LogP contribution in [0.25, 0.3) is 0 Å². The first-order chi connectivity index (χ1) is 7.47. The standard InChI is InChI=1S/C13H22N2O/c1-6-7-10(4)12-13(16)15(5)8-11(14-12)9(2)3/h8-10H,6-7H2,1-5H3. The molecule has 1 aromatic heterocycles. The monoisotopic (exact) mass is 222 g/mol. The first-order valence-corrected chi connectivity index (χ1v) is 6.04. The third kappa shape index (κ3) is 2.71. The Labute approximate surface area is 97.5 Å². The maximum atomic E-state index is 12.0. The van der Waals surface area contributed by atoms with E-state index in [0.29, 0.717) is 5.92 Å². The summed E-state index contributed by atoms with van der Waals surface area (Å²) >= 11 is 0. The molecule has 0 aromatic carbocycles. The fraction of sp³-hybridized carbons (Fsp3) is 0.692. The van der Waals surface area contributed by atoms with E-state index in [4.69, 9.17) is 0 Å². The van der Waals surface area contributed by atoms with Gasteiger partial charge in [-0.1, -0.05) is 34.1 Å². The number of nitrogens with zero attached hydrogens (tertiary/aromatic N) is 2. The molecular formula is C13H22N2O. The number of rotatable bonds is 4. The summed E-state index contributed by atoms with van der Waals surface area (Å²) in [6, 6.07) is 0. The lowest BCUT2D eigenvalue weighted by Gasteiger charge is -2.13. The van der Waals surface area contributed by atoms with E-state index in [1.54, 1.807) is 11.6 Å². The summed E-state index contributed by atoms with van der Waals surface area (Å²) in [5.41, 5.74) is 1.76. The minimum absolute atomic E-state index is 0.0466. The second-order valence-electron chi connectivity index (χ2n) is 4.81. The fourth-order valence-corrected chi connectivity index (χ4v) is 1.82. The Morgan fingerprint density at radius 3 is 2.50 bits per heavy atom. The van der Waals surface area contributed by atoms with Gasteiger partial charge in [0.25, 0.3) is 5.56 Å². The highest BCUT2D eigenvalue weighted by atomic mass is 16.1. The summed E-state index contributed by atoms with van der Waals surface area (Å²) in [7, 11) is 1.80. The SMILES string of the molecule is CCCC(C)c1nc(C(C)C)cn(C)c1=O. The van der Waals surface area contributed by atoms with E-state index in [9.17, 15) is 4.79 Å². The highest BCUT2D eigenvalue weighted by Crippen LogP contribution is 2.17. The van der Waals surface area contributed by atoms with E-state index in [1.807, 2.05) is 6.20 Å². The lowest BCUT2D eigenvalue weighted by molar-refractivity contribution is 0.612. The summed E-state index contributed by atoms with van der Waals surface area (Å²) in [4.78, 5) is 16.5. The van der Waals surface area contributed by atoms with E-state index >= 15 is 0 Å². The minimum Gasteiger partial charge on any atom is -0.315 e. The molecule has 0 N–H and O–H groups in total. The van der Waals surface area contributed by atoms with Crippen LogP contribution in [-0.2, 0) is 7.05 Å². The van der Waals surface area contributed by atoms with Crippen molar-refractivity contribution in [2.45, 2.75) is 52.4 Å². The van der Waals surface area contributed by atoms with Crippen molar-refractivity contribution in [3.63, 3.8) is 0 Å². The van der Waals surface area contributed by atoms with Gasteiger partial charge < -0.3 is 4.57 Å². The minimum atomic E-state index is 0.0466. The Morgan fingerprint density at radius 1 is 1.38 bits per heavy atom. The zero-order valence-electron chi connectivity index (χ0n) is 10.9. The Morgan fingerprint density at radius 2 is 2.00 bits per heavy atom. The van der Waals surface area contributed by atoms with Crippen molar-refractivity contribution in [2.75, 3.05) is 0 Å². The molecule has 1 atom stereocenters. The average Bonchev–Trinajstić information content (AvgIpc) is 2.21. The van der Waals surface area contributed by atoms with Crippen molar-refractivity contribution in [3.8, 4) is 0 Å². The molecule has 1 rings (SSSR count). The van der Waals surface area contributed by atoms with Crippen LogP contribution in [0.15, 0.2) is 11.0 Å². The van der Waals surface area contributed by atoms with Gasteiger partial charge >= 0.3 is 0 Å². The smallest absolute Gasteiger partial charge is 0.272 e. The molecule has 0 spiro atoms. The van der Waals surface area contributed by atoms with Crippen LogP contribution >= 0.6 is 0 Å². The zero-order valence-corrected chi connectivity index (χ0v) is 10.9. The second kappa shape index (κ2) is 5.28. The van der Waals surface area contributed by atoms with Crippen LogP contribution in [0, 0.1) is 0 Å². The van der Waals surface area contributed by atoms with E-state index in [0.717, 1.165) is 24.2 Å². The largest absolute Gasteiger partial charge is 0.315 e. The normalized spacial score (nSPS) is 13.1. The Bertz CT molecular complexity index is 407. The predicted molar refractivity (Wildman–Crippen MR) is 66.9 cm³/mol. The van der Waals surface area contributed by atoms with Gasteiger partial charge in [0.15, 0.2) is 0 Å². The predicted octanol–water partition coefficient (Wildman–Crippen LogP) is 2.81. The molecule has 0 aliphatic rings. The molecule has 3 nitrogen and oxygen atoms in total. The quantitative estimate of drug-likeness (QED) is 0.785. The van der Waals surface area contributed by atoms with Crippen molar-refractivity contribution in [1.82, 2.24) is 9.55 Å². The van der Waals surface area contributed by atoms with Crippen LogP contribution < -0.4 is 5.56 Å². The van der Waals surface area contributed by atoms with Crippen LogP contribution in [0.2, 0.25) is 0 Å². The lowest BCUT2D eigenvalue weighted by Crippen LogP contribution is -2.25. The third-order valence-corrected chi connectivity index (χ3v) is 2.89. The van der Waals surface area contributed by atoms with Crippen LogP contribution in [0.1, 0.15) is 63.8 Å². The van der Waals surface area contributed by atoms with Crippen LogP contribution in [0.5, 0.6) is 0 Å². The zero-order chi connectivity index (χ0) is 12.3. The lowest BCUT2D eigenvalue weighted by atomic mass is 10.0. The van der Waals surface area contributed by atoms with Gasteiger partial charge in [0.05, 0.1) is 5.69 Å². The van der Waals surface area contributed by atoms with Crippen molar-refractivity contribution in [3.05, 3.63) is 27.9 Å². The number of hydrogen-bond donors (Lipinski definition) is 0. The van der Waals surface area contributed by atoms with Gasteiger partial charge in [-0.3, -0.25) is 9.78 Å². The van der Waals surface area contributed by atoms with E-state index in [-0.39, 0.29) is 11.5 Å². The van der Waals surface area contributed by atoms with Crippen LogP contribution in [0.3, 0.4) is 0 Å². The molecule has 1 aromatic rings. The van der Waals surface area contributed by atoms with Gasteiger partial charge in [0, 0.05) is 19.2 Å². The summed E-state index contributed by atoms with van der Waals surface area (Å²) in [6.45, 7) is 8.41. The molecule has 0 saturated carbocycles. The summed E-state index contributed by atoms with van der Waals surface area (Å²) in [5, 5.41) is 0. The number of aryl methyl sites for hydroxylation is 1. The molecule has 0 aliphatic heterocycles. The topological polar surface area (TPSA) is 34.9 Å². The summed E-state index contributed by atoms with van der Waals surface area (Å²) < 4.78 is 1.66. The molecule has 3 heteroatoms. The molecule has 16 heavy (non-hydrogen) atoms. The first-order valence-electron chi connectivity index (χ1n) is 6.04. The summed E-state index contributed by atoms with van der Waals surface area (Å²) in [5.74, 6) is 0.613. The van der Waals surface area contributed by atoms with E-state index in [2.05, 4.69) is 32.7 Å². The highest BCUT2D eigenvalue weighted by molar-refractivity contribution is 5.11. The highest BCUT2D eigenvalue weighted by Gasteiger charge is 2.14. The second-order valence-corrected chi connectivity index (χ2v) is 4.81. The van der Waals surface area contributed by atoms with Crippen LogP contribution in [0.4, 0.5) is 0 Å². The molecule has 0 radical (unpaired) electrons. The van der Waals surface area contributed by atoms with Gasteiger partial charge in [-0.05, 0) is 12.3 Å². The van der Waals surface area contributed by atoms with Crippen molar-refractivity contribution in [2.24, 2.45) is 7.05 Å². The number of aromatic nitrogens is 2. The molecule has 0 fully saturated rings. The third-order valence-electron chi connectivity index (χ3n) is 2.89. The maximum absolute atomic E-state index is 12.0. The fourth-order valence-electron chi connectivity index (χ4n) is 1.82. The van der Waals surface area contributed by atoms with E-state index < -0.39 is 0 Å². The molecular weight excluding hydrogens is 200 g/mol. The van der Waals surface area contributed by atoms with Gasteiger partial charge in [0.2, 0.25) is 0 Å². The Hall–Kier alpha value is -1.12.